The van der Waals surface area contributed by atoms with Crippen molar-refractivity contribution in [3.63, 3.8) is 0 Å². The van der Waals surface area contributed by atoms with Gasteiger partial charge in [-0.1, -0.05) is 19.3 Å². The van der Waals surface area contributed by atoms with E-state index in [2.05, 4.69) is 10.3 Å². The summed E-state index contributed by atoms with van der Waals surface area (Å²) in [5, 5.41) is 14.0. The zero-order valence-corrected chi connectivity index (χ0v) is 13.7. The van der Waals surface area contributed by atoms with Crippen LogP contribution in [0.15, 0.2) is 22.6 Å². The summed E-state index contributed by atoms with van der Waals surface area (Å²) in [6, 6.07) is -0.0876. The molecule has 23 heavy (non-hydrogen) atoms. The Hall–Kier alpha value is -1.73. The minimum Gasteiger partial charge on any atom is -0.396 e. The molecule has 0 spiro atoms. The molecular weight excluding hydrogens is 314 g/mol. The summed E-state index contributed by atoms with van der Waals surface area (Å²) in [7, 11) is 0. The number of hydrogen-bond acceptors (Lipinski definition) is 5. The first kappa shape index (κ1) is 16.1. The lowest BCUT2D eigenvalue weighted by Gasteiger charge is -2.30. The molecule has 1 aliphatic carbocycles. The fraction of sp³-hybridized carbons (Fsp3) is 0.562. The second kappa shape index (κ2) is 7.23. The number of amides is 1. The second-order valence-corrected chi connectivity index (χ2v) is 6.90. The zero-order valence-electron chi connectivity index (χ0n) is 12.9. The van der Waals surface area contributed by atoms with Crippen molar-refractivity contribution < 1.29 is 9.90 Å². The van der Waals surface area contributed by atoms with Crippen LogP contribution in [0.2, 0.25) is 0 Å². The number of aromatic nitrogens is 2. The van der Waals surface area contributed by atoms with E-state index >= 15 is 0 Å². The number of thiazole rings is 1. The summed E-state index contributed by atoms with van der Waals surface area (Å²) in [5.41, 5.74) is -0.292. The molecule has 2 aromatic heterocycles. The van der Waals surface area contributed by atoms with Crippen LogP contribution < -0.4 is 10.9 Å². The number of hydrogen-bond donors (Lipinski definition) is 2. The van der Waals surface area contributed by atoms with E-state index in [4.69, 9.17) is 0 Å². The molecule has 2 N–H and O–H groups in total. The Labute approximate surface area is 138 Å². The lowest BCUT2D eigenvalue weighted by atomic mass is 9.82. The highest BCUT2D eigenvalue weighted by atomic mass is 32.1. The predicted octanol–water partition coefficient (Wildman–Crippen LogP) is 1.82. The van der Waals surface area contributed by atoms with Gasteiger partial charge in [0.2, 0.25) is 0 Å². The highest BCUT2D eigenvalue weighted by Gasteiger charge is 2.26. The van der Waals surface area contributed by atoms with Crippen molar-refractivity contribution >= 4 is 22.2 Å². The number of aliphatic hydroxyl groups is 1. The molecule has 0 aromatic carbocycles. The second-order valence-electron chi connectivity index (χ2n) is 6.02. The highest BCUT2D eigenvalue weighted by molar-refractivity contribution is 7.15. The largest absolute Gasteiger partial charge is 0.396 e. The predicted molar refractivity (Wildman–Crippen MR) is 88.9 cm³/mol. The molecule has 1 unspecified atom stereocenters. The number of nitrogens with zero attached hydrogens (tertiary/aromatic N) is 2. The van der Waals surface area contributed by atoms with E-state index in [0.29, 0.717) is 17.3 Å². The van der Waals surface area contributed by atoms with Gasteiger partial charge in [-0.3, -0.25) is 14.0 Å². The van der Waals surface area contributed by atoms with Gasteiger partial charge in [0.05, 0.1) is 0 Å². The van der Waals surface area contributed by atoms with Crippen LogP contribution in [0.4, 0.5) is 0 Å². The van der Waals surface area contributed by atoms with Gasteiger partial charge in [-0.2, -0.15) is 0 Å². The number of nitrogens with one attached hydrogen (secondary N) is 1. The van der Waals surface area contributed by atoms with Crippen LogP contribution in [0.1, 0.15) is 48.9 Å². The van der Waals surface area contributed by atoms with Gasteiger partial charge in [0.25, 0.3) is 11.5 Å². The third-order valence-corrected chi connectivity index (χ3v) is 5.33. The van der Waals surface area contributed by atoms with E-state index in [9.17, 15) is 14.7 Å². The molecule has 1 aliphatic rings. The molecule has 0 aliphatic heterocycles. The molecule has 3 rings (SSSR count). The van der Waals surface area contributed by atoms with E-state index in [1.165, 1.54) is 28.4 Å². The van der Waals surface area contributed by atoms with Gasteiger partial charge in [0.15, 0.2) is 4.96 Å². The van der Waals surface area contributed by atoms with Crippen molar-refractivity contribution in [3.8, 4) is 0 Å². The maximum atomic E-state index is 12.5. The van der Waals surface area contributed by atoms with Crippen molar-refractivity contribution in [3.05, 3.63) is 33.7 Å². The van der Waals surface area contributed by atoms with E-state index < -0.39 is 5.91 Å². The fourth-order valence-corrected chi connectivity index (χ4v) is 4.00. The average Bonchev–Trinajstić information content (AvgIpc) is 3.05. The molecule has 0 radical (unpaired) electrons. The van der Waals surface area contributed by atoms with E-state index in [0.717, 1.165) is 25.7 Å². The molecule has 0 bridgehead atoms. The highest BCUT2D eigenvalue weighted by Crippen LogP contribution is 2.27. The summed E-state index contributed by atoms with van der Waals surface area (Å²) in [6.07, 6.45) is 9.17. The SMILES string of the molecule is O=C(NC(CCO)C1CCCCC1)c1cnc2sccn2c1=O. The minimum atomic E-state index is -0.396. The average molecular weight is 335 g/mol. The molecular formula is C16H21N3O3S. The van der Waals surface area contributed by atoms with Gasteiger partial charge in [0, 0.05) is 30.4 Å². The molecule has 2 aromatic rings. The molecule has 1 atom stereocenters. The van der Waals surface area contributed by atoms with Crippen LogP contribution in [-0.2, 0) is 0 Å². The number of carbonyl (C=O) groups is 1. The fourth-order valence-electron chi connectivity index (χ4n) is 3.33. The summed E-state index contributed by atoms with van der Waals surface area (Å²) >= 11 is 1.35. The summed E-state index contributed by atoms with van der Waals surface area (Å²) < 4.78 is 1.39. The Morgan fingerprint density at radius 2 is 2.22 bits per heavy atom. The number of aliphatic hydroxyl groups excluding tert-OH is 1. The van der Waals surface area contributed by atoms with E-state index in [1.807, 2.05) is 0 Å². The Bertz CT molecular complexity index is 733. The first-order valence-corrected chi connectivity index (χ1v) is 8.95. The standard InChI is InChI=1S/C16H21N3O3S/c20-8-6-13(11-4-2-1-3-5-11)18-14(21)12-10-17-16-19(15(12)22)7-9-23-16/h7,9-11,13,20H,1-6,8H2,(H,18,21). The molecule has 1 fully saturated rings. The zero-order chi connectivity index (χ0) is 16.2. The molecule has 6 nitrogen and oxygen atoms in total. The van der Waals surface area contributed by atoms with Crippen molar-refractivity contribution in [2.24, 2.45) is 5.92 Å². The monoisotopic (exact) mass is 335 g/mol. The van der Waals surface area contributed by atoms with E-state index in [-0.39, 0.29) is 23.8 Å². The number of fused-ring (bicyclic) bond motifs is 1. The first-order chi connectivity index (χ1) is 11.2. The smallest absolute Gasteiger partial charge is 0.271 e. The third kappa shape index (κ3) is 3.45. The summed E-state index contributed by atoms with van der Waals surface area (Å²) in [4.78, 5) is 29.6. The Balaban J connectivity index is 1.79. The number of rotatable bonds is 5. The lowest BCUT2D eigenvalue weighted by Crippen LogP contribution is -2.43. The molecule has 2 heterocycles. The topological polar surface area (TPSA) is 83.7 Å². The van der Waals surface area contributed by atoms with Crippen LogP contribution in [0, 0.1) is 5.92 Å². The van der Waals surface area contributed by atoms with E-state index in [1.54, 1.807) is 11.6 Å². The van der Waals surface area contributed by atoms with Crippen LogP contribution in [0.3, 0.4) is 0 Å². The molecule has 7 heteroatoms. The Morgan fingerprint density at radius 3 is 2.96 bits per heavy atom. The molecule has 1 saturated carbocycles. The van der Waals surface area contributed by atoms with Crippen LogP contribution in [0.25, 0.3) is 4.96 Å². The van der Waals surface area contributed by atoms with Gasteiger partial charge >= 0.3 is 0 Å². The van der Waals surface area contributed by atoms with Crippen LogP contribution in [0.5, 0.6) is 0 Å². The maximum Gasteiger partial charge on any atom is 0.271 e. The molecule has 124 valence electrons. The van der Waals surface area contributed by atoms with Gasteiger partial charge in [0.1, 0.15) is 5.56 Å². The van der Waals surface area contributed by atoms with Gasteiger partial charge in [-0.15, -0.1) is 11.3 Å². The summed E-state index contributed by atoms with van der Waals surface area (Å²) in [5.74, 6) is -0.0208. The van der Waals surface area contributed by atoms with Crippen LogP contribution >= 0.6 is 11.3 Å². The summed E-state index contributed by atoms with van der Waals surface area (Å²) in [6.45, 7) is 0.0300. The van der Waals surface area contributed by atoms with Crippen molar-refractivity contribution in [2.45, 2.75) is 44.6 Å². The first-order valence-electron chi connectivity index (χ1n) is 8.07. The number of carbonyl (C=O) groups excluding carboxylic acids is 1. The minimum absolute atomic E-state index is 0.0300. The van der Waals surface area contributed by atoms with Crippen molar-refractivity contribution in [1.29, 1.82) is 0 Å². The third-order valence-electron chi connectivity index (χ3n) is 4.56. The maximum absolute atomic E-state index is 12.5. The van der Waals surface area contributed by atoms with Gasteiger partial charge in [-0.25, -0.2) is 4.98 Å². The Kier molecular flexibility index (Phi) is 5.07. The van der Waals surface area contributed by atoms with Crippen LogP contribution in [-0.4, -0.2) is 33.0 Å². The van der Waals surface area contributed by atoms with Gasteiger partial charge in [-0.05, 0) is 25.2 Å². The van der Waals surface area contributed by atoms with Crippen molar-refractivity contribution in [1.82, 2.24) is 14.7 Å². The lowest BCUT2D eigenvalue weighted by molar-refractivity contribution is 0.0897. The van der Waals surface area contributed by atoms with Crippen molar-refractivity contribution in [2.75, 3.05) is 6.61 Å². The quantitative estimate of drug-likeness (QED) is 0.873. The molecule has 0 saturated heterocycles. The Morgan fingerprint density at radius 1 is 1.43 bits per heavy atom. The van der Waals surface area contributed by atoms with Gasteiger partial charge < -0.3 is 10.4 Å². The normalized spacial score (nSPS) is 17.3. The molecule has 1 amide bonds.